The first-order chi connectivity index (χ1) is 10.5. The molecule has 0 N–H and O–H groups in total. The summed E-state index contributed by atoms with van der Waals surface area (Å²) in [5.41, 5.74) is 5.89. The van der Waals surface area contributed by atoms with E-state index in [1.165, 1.54) is 0 Å². The molecule has 5 nitrogen and oxygen atoms in total. The Kier molecular flexibility index (Phi) is 3.48. The Hall–Kier alpha value is -2.56. The quantitative estimate of drug-likeness (QED) is 0.744. The van der Waals surface area contributed by atoms with Crippen LogP contribution in [0.5, 0.6) is 11.5 Å². The van der Waals surface area contributed by atoms with Gasteiger partial charge >= 0.3 is 0 Å². The van der Waals surface area contributed by atoms with Crippen LogP contribution in [0.2, 0.25) is 0 Å². The molecule has 2 heterocycles. The largest absolute Gasteiger partial charge is 0.493 e. The first kappa shape index (κ1) is 14.4. The molecule has 114 valence electrons. The lowest BCUT2D eigenvalue weighted by molar-refractivity contribution is 0.355. The summed E-state index contributed by atoms with van der Waals surface area (Å²) in [5, 5.41) is 4.71. The number of hydrogen-bond donors (Lipinski definition) is 0. The molecule has 22 heavy (non-hydrogen) atoms. The van der Waals surface area contributed by atoms with Gasteiger partial charge in [-0.15, -0.1) is 0 Å². The van der Waals surface area contributed by atoms with Gasteiger partial charge in [-0.1, -0.05) is 0 Å². The Labute approximate surface area is 129 Å². The first-order valence-electron chi connectivity index (χ1n) is 7.11. The smallest absolute Gasteiger partial charge is 0.161 e. The van der Waals surface area contributed by atoms with Crippen molar-refractivity contribution < 1.29 is 9.47 Å². The summed E-state index contributed by atoms with van der Waals surface area (Å²) in [6.07, 6.45) is 0. The SMILES string of the molecule is COc1ccc(-c2nn3c(C)cc(C)nc3c2C)cc1OC. The van der Waals surface area contributed by atoms with Crippen LogP contribution in [0.1, 0.15) is 17.0 Å². The molecule has 0 saturated carbocycles. The maximum absolute atomic E-state index is 5.38. The van der Waals surface area contributed by atoms with Gasteiger partial charge in [0.2, 0.25) is 0 Å². The Morgan fingerprint density at radius 1 is 0.955 bits per heavy atom. The number of aryl methyl sites for hydroxylation is 3. The minimum Gasteiger partial charge on any atom is -0.493 e. The zero-order valence-corrected chi connectivity index (χ0v) is 13.5. The standard InChI is InChI=1S/C17H19N3O2/c1-10-8-11(2)20-17(18-10)12(3)16(19-20)13-6-7-14(21-4)15(9-13)22-5/h6-9H,1-5H3. The number of rotatable bonds is 3. The van der Waals surface area contributed by atoms with Gasteiger partial charge in [-0.05, 0) is 45.0 Å². The van der Waals surface area contributed by atoms with Gasteiger partial charge in [0.15, 0.2) is 17.1 Å². The predicted molar refractivity (Wildman–Crippen MR) is 85.7 cm³/mol. The second-order valence-electron chi connectivity index (χ2n) is 5.32. The van der Waals surface area contributed by atoms with Crippen molar-refractivity contribution in [3.05, 3.63) is 41.2 Å². The molecule has 3 aromatic rings. The normalized spacial score (nSPS) is 11.0. The lowest BCUT2D eigenvalue weighted by atomic mass is 10.1. The molecule has 0 spiro atoms. The van der Waals surface area contributed by atoms with Crippen LogP contribution in [0.25, 0.3) is 16.9 Å². The lowest BCUT2D eigenvalue weighted by Gasteiger charge is -2.08. The third-order valence-electron chi connectivity index (χ3n) is 3.78. The van der Waals surface area contributed by atoms with Gasteiger partial charge in [0, 0.05) is 22.5 Å². The van der Waals surface area contributed by atoms with Gasteiger partial charge in [-0.3, -0.25) is 0 Å². The Balaban J connectivity index is 2.22. The van der Waals surface area contributed by atoms with Crippen LogP contribution in [0, 0.1) is 20.8 Å². The molecule has 1 aromatic carbocycles. The van der Waals surface area contributed by atoms with Crippen molar-refractivity contribution in [2.24, 2.45) is 0 Å². The third-order valence-corrected chi connectivity index (χ3v) is 3.78. The summed E-state index contributed by atoms with van der Waals surface area (Å²) in [7, 11) is 3.26. The third kappa shape index (κ3) is 2.19. The second kappa shape index (κ2) is 5.33. The first-order valence-corrected chi connectivity index (χ1v) is 7.11. The van der Waals surface area contributed by atoms with Gasteiger partial charge in [0.25, 0.3) is 0 Å². The van der Waals surface area contributed by atoms with E-state index in [-0.39, 0.29) is 0 Å². The number of nitrogens with zero attached hydrogens (tertiary/aromatic N) is 3. The molecular formula is C17H19N3O2. The maximum Gasteiger partial charge on any atom is 0.161 e. The summed E-state index contributed by atoms with van der Waals surface area (Å²) in [6, 6.07) is 7.84. The van der Waals surface area contributed by atoms with Crippen LogP contribution in [-0.2, 0) is 0 Å². The number of methoxy groups -OCH3 is 2. The molecule has 0 aliphatic heterocycles. The van der Waals surface area contributed by atoms with E-state index in [4.69, 9.17) is 14.6 Å². The van der Waals surface area contributed by atoms with Crippen molar-refractivity contribution in [3.63, 3.8) is 0 Å². The molecule has 0 saturated heterocycles. The van der Waals surface area contributed by atoms with Gasteiger partial charge in [0.05, 0.1) is 19.9 Å². The molecule has 0 atom stereocenters. The molecular weight excluding hydrogens is 278 g/mol. The Morgan fingerprint density at radius 2 is 1.68 bits per heavy atom. The van der Waals surface area contributed by atoms with Crippen molar-refractivity contribution in [3.8, 4) is 22.8 Å². The number of benzene rings is 1. The highest BCUT2D eigenvalue weighted by Gasteiger charge is 2.15. The van der Waals surface area contributed by atoms with Crippen LogP contribution in [-0.4, -0.2) is 28.8 Å². The average molecular weight is 297 g/mol. The molecule has 0 radical (unpaired) electrons. The number of hydrogen-bond acceptors (Lipinski definition) is 4. The van der Waals surface area contributed by atoms with E-state index >= 15 is 0 Å². The monoisotopic (exact) mass is 297 g/mol. The van der Waals surface area contributed by atoms with Crippen molar-refractivity contribution in [2.75, 3.05) is 14.2 Å². The predicted octanol–water partition coefficient (Wildman–Crippen LogP) is 3.34. The van der Waals surface area contributed by atoms with Crippen molar-refractivity contribution >= 4 is 5.65 Å². The maximum atomic E-state index is 5.38. The number of fused-ring (bicyclic) bond motifs is 1. The second-order valence-corrected chi connectivity index (χ2v) is 5.32. The molecule has 0 bridgehead atoms. The van der Waals surface area contributed by atoms with Crippen molar-refractivity contribution in [1.82, 2.24) is 14.6 Å². The summed E-state index contributed by atoms with van der Waals surface area (Å²) < 4.78 is 12.6. The lowest BCUT2D eigenvalue weighted by Crippen LogP contribution is -1.97. The fraction of sp³-hybridized carbons (Fsp3) is 0.294. The number of ether oxygens (including phenoxy) is 2. The zero-order chi connectivity index (χ0) is 15.9. The topological polar surface area (TPSA) is 48.7 Å². The Bertz CT molecular complexity index is 853. The van der Waals surface area contributed by atoms with E-state index in [1.807, 2.05) is 49.6 Å². The van der Waals surface area contributed by atoms with E-state index in [0.717, 1.165) is 33.9 Å². The van der Waals surface area contributed by atoms with Crippen LogP contribution in [0.15, 0.2) is 24.3 Å². The highest BCUT2D eigenvalue weighted by molar-refractivity contribution is 5.72. The summed E-state index contributed by atoms with van der Waals surface area (Å²) in [4.78, 5) is 4.60. The van der Waals surface area contributed by atoms with Crippen LogP contribution in [0.4, 0.5) is 0 Å². The van der Waals surface area contributed by atoms with E-state index < -0.39 is 0 Å². The molecule has 3 rings (SSSR count). The minimum absolute atomic E-state index is 0.692. The fourth-order valence-electron chi connectivity index (χ4n) is 2.68. The van der Waals surface area contributed by atoms with Gasteiger partial charge in [-0.2, -0.15) is 5.10 Å². The molecule has 0 aliphatic rings. The molecule has 0 amide bonds. The van der Waals surface area contributed by atoms with Crippen LogP contribution < -0.4 is 9.47 Å². The highest BCUT2D eigenvalue weighted by Crippen LogP contribution is 2.33. The molecule has 0 aliphatic carbocycles. The Morgan fingerprint density at radius 3 is 2.36 bits per heavy atom. The van der Waals surface area contributed by atoms with Gasteiger partial charge in [0.1, 0.15) is 0 Å². The van der Waals surface area contributed by atoms with Crippen molar-refractivity contribution in [2.45, 2.75) is 20.8 Å². The summed E-state index contributed by atoms with van der Waals surface area (Å²) >= 11 is 0. The summed E-state index contributed by atoms with van der Waals surface area (Å²) in [5.74, 6) is 1.40. The average Bonchev–Trinajstić information content (AvgIpc) is 2.84. The van der Waals surface area contributed by atoms with Gasteiger partial charge in [-0.25, -0.2) is 9.50 Å². The minimum atomic E-state index is 0.692. The molecule has 0 fully saturated rings. The highest BCUT2D eigenvalue weighted by atomic mass is 16.5. The molecule has 2 aromatic heterocycles. The zero-order valence-electron chi connectivity index (χ0n) is 13.5. The van der Waals surface area contributed by atoms with Crippen LogP contribution >= 0.6 is 0 Å². The van der Waals surface area contributed by atoms with Crippen LogP contribution in [0.3, 0.4) is 0 Å². The van der Waals surface area contributed by atoms with E-state index in [0.29, 0.717) is 11.5 Å². The van der Waals surface area contributed by atoms with E-state index in [1.54, 1.807) is 14.2 Å². The van der Waals surface area contributed by atoms with Crippen molar-refractivity contribution in [1.29, 1.82) is 0 Å². The van der Waals surface area contributed by atoms with Gasteiger partial charge < -0.3 is 9.47 Å². The summed E-state index contributed by atoms with van der Waals surface area (Å²) in [6.45, 7) is 6.07. The van der Waals surface area contributed by atoms with E-state index in [2.05, 4.69) is 4.98 Å². The molecule has 5 heteroatoms. The van der Waals surface area contributed by atoms with E-state index in [9.17, 15) is 0 Å². The fourth-order valence-corrected chi connectivity index (χ4v) is 2.68. The molecule has 0 unspecified atom stereocenters. The number of aromatic nitrogens is 3.